The first-order chi connectivity index (χ1) is 12.1. The van der Waals surface area contributed by atoms with E-state index in [1.807, 2.05) is 0 Å². The number of nitrogens with zero attached hydrogens (tertiary/aromatic N) is 5. The second-order valence-corrected chi connectivity index (χ2v) is 4.71. The lowest BCUT2D eigenvalue weighted by Gasteiger charge is -2.11. The van der Waals surface area contributed by atoms with E-state index >= 15 is 0 Å². The summed E-state index contributed by atoms with van der Waals surface area (Å²) in [4.78, 5) is 20.2. The number of aryl methyl sites for hydroxylation is 1. The van der Waals surface area contributed by atoms with Crippen LogP contribution in [-0.4, -0.2) is 28.7 Å². The molecule has 9 heteroatoms. The fourth-order valence-electron chi connectivity index (χ4n) is 1.76. The van der Waals surface area contributed by atoms with E-state index in [0.29, 0.717) is 22.8 Å². The van der Waals surface area contributed by atoms with Gasteiger partial charge in [-0.3, -0.25) is 15.2 Å². The minimum absolute atomic E-state index is 0.184. The smallest absolute Gasteiger partial charge is 0.275 e. The number of rotatable bonds is 5. The third kappa shape index (κ3) is 4.50. The van der Waals surface area contributed by atoms with Crippen LogP contribution in [0.1, 0.15) is 16.2 Å². The summed E-state index contributed by atoms with van der Waals surface area (Å²) < 4.78 is 5.21. The van der Waals surface area contributed by atoms with Gasteiger partial charge >= 0.3 is 0 Å². The first-order valence-electron chi connectivity index (χ1n) is 6.99. The number of hydrogen-bond acceptors (Lipinski definition) is 8. The van der Waals surface area contributed by atoms with Gasteiger partial charge in [0.2, 0.25) is 5.71 Å². The summed E-state index contributed by atoms with van der Waals surface area (Å²) in [6, 6.07) is 8.03. The van der Waals surface area contributed by atoms with Gasteiger partial charge < -0.3 is 10.1 Å². The summed E-state index contributed by atoms with van der Waals surface area (Å²) in [6.45, 7) is 1.78. The molecule has 9 nitrogen and oxygen atoms in total. The van der Waals surface area contributed by atoms with Crippen molar-refractivity contribution in [1.82, 2.24) is 9.97 Å². The zero-order valence-corrected chi connectivity index (χ0v) is 13.4. The summed E-state index contributed by atoms with van der Waals surface area (Å²) in [7, 11) is 1.44. The molecule has 0 aliphatic rings. The number of ether oxygens (including phenoxy) is 1. The minimum Gasteiger partial charge on any atom is -0.494 e. The second-order valence-electron chi connectivity index (χ2n) is 4.71. The van der Waals surface area contributed by atoms with Gasteiger partial charge in [0.05, 0.1) is 24.7 Å². The van der Waals surface area contributed by atoms with E-state index in [-0.39, 0.29) is 11.4 Å². The Hall–Kier alpha value is -3.98. The van der Waals surface area contributed by atoms with Crippen LogP contribution >= 0.6 is 0 Å². The first-order valence-corrected chi connectivity index (χ1v) is 6.99. The van der Waals surface area contributed by atoms with Crippen LogP contribution in [-0.2, 0) is 0 Å². The molecule has 124 valence electrons. The Kier molecular flexibility index (Phi) is 5.59. The average molecular weight is 335 g/mol. The Morgan fingerprint density at radius 3 is 2.60 bits per heavy atom. The van der Waals surface area contributed by atoms with Crippen LogP contribution < -0.4 is 15.5 Å². The number of carbonyl (C=O) groups excluding carboxylic acids is 1. The van der Waals surface area contributed by atoms with Crippen molar-refractivity contribution in [2.45, 2.75) is 6.92 Å². The van der Waals surface area contributed by atoms with Crippen LogP contribution in [0.5, 0.6) is 5.75 Å². The molecule has 2 aromatic rings. The standard InChI is InChI=1S/C16H13N7O2/c1-10-8-20-14(9-19-10)16(24)21-11-3-4-13(15(5-11)25-2)23-22-12(6-17)7-18/h3-5,8-9,23H,1-2H3,(H,21,24). The molecule has 1 aromatic carbocycles. The summed E-state index contributed by atoms with van der Waals surface area (Å²) in [5, 5.41) is 23.7. The molecule has 0 aliphatic heterocycles. The number of aromatic nitrogens is 2. The normalized spacial score (nSPS) is 9.28. The fourth-order valence-corrected chi connectivity index (χ4v) is 1.76. The molecule has 0 saturated heterocycles. The molecule has 0 spiro atoms. The minimum atomic E-state index is -0.412. The molecular weight excluding hydrogens is 322 g/mol. The maximum absolute atomic E-state index is 12.1. The lowest BCUT2D eigenvalue weighted by atomic mass is 10.2. The van der Waals surface area contributed by atoms with Crippen molar-refractivity contribution in [1.29, 1.82) is 10.5 Å². The van der Waals surface area contributed by atoms with Crippen molar-refractivity contribution in [3.8, 4) is 17.9 Å². The summed E-state index contributed by atoms with van der Waals surface area (Å²) in [6.07, 6.45) is 2.89. The van der Waals surface area contributed by atoms with Crippen LogP contribution in [0, 0.1) is 29.6 Å². The van der Waals surface area contributed by atoms with E-state index in [4.69, 9.17) is 15.3 Å². The number of carbonyl (C=O) groups is 1. The van der Waals surface area contributed by atoms with Crippen molar-refractivity contribution in [3.05, 3.63) is 42.0 Å². The molecule has 0 radical (unpaired) electrons. The molecule has 2 rings (SSSR count). The third-order valence-corrected chi connectivity index (χ3v) is 2.97. The molecule has 0 atom stereocenters. The molecule has 1 aromatic heterocycles. The fraction of sp³-hybridized carbons (Fsp3) is 0.125. The van der Waals surface area contributed by atoms with Gasteiger partial charge in [0.15, 0.2) is 0 Å². The van der Waals surface area contributed by atoms with Gasteiger partial charge in [-0.2, -0.15) is 15.6 Å². The highest BCUT2D eigenvalue weighted by atomic mass is 16.5. The predicted octanol–water partition coefficient (Wildman–Crippen LogP) is 1.86. The number of amides is 1. The van der Waals surface area contributed by atoms with Crippen LogP contribution in [0.3, 0.4) is 0 Å². The van der Waals surface area contributed by atoms with Gasteiger partial charge in [0.25, 0.3) is 5.91 Å². The van der Waals surface area contributed by atoms with Gasteiger partial charge in [-0.05, 0) is 19.1 Å². The van der Waals surface area contributed by atoms with Gasteiger partial charge in [-0.15, -0.1) is 0 Å². The molecule has 0 unspecified atom stereocenters. The maximum Gasteiger partial charge on any atom is 0.275 e. The van der Waals surface area contributed by atoms with Crippen LogP contribution in [0.25, 0.3) is 0 Å². The zero-order chi connectivity index (χ0) is 18.2. The SMILES string of the molecule is COc1cc(NC(=O)c2cnc(C)cn2)ccc1NN=C(C#N)C#N. The Labute approximate surface area is 143 Å². The van der Waals surface area contributed by atoms with E-state index in [9.17, 15) is 4.79 Å². The first kappa shape index (κ1) is 17.4. The Bertz CT molecular complexity index is 876. The Morgan fingerprint density at radius 1 is 1.24 bits per heavy atom. The van der Waals surface area contributed by atoms with E-state index < -0.39 is 5.91 Å². The van der Waals surface area contributed by atoms with Crippen LogP contribution in [0.2, 0.25) is 0 Å². The number of nitrogens with one attached hydrogen (secondary N) is 2. The molecule has 0 saturated carbocycles. The van der Waals surface area contributed by atoms with E-state index in [1.165, 1.54) is 19.5 Å². The Morgan fingerprint density at radius 2 is 2.00 bits per heavy atom. The zero-order valence-electron chi connectivity index (χ0n) is 13.4. The summed E-state index contributed by atoms with van der Waals surface area (Å²) in [5.41, 5.74) is 4.04. The summed E-state index contributed by atoms with van der Waals surface area (Å²) in [5.74, 6) is -0.0451. The molecule has 25 heavy (non-hydrogen) atoms. The number of hydrogen-bond donors (Lipinski definition) is 2. The quantitative estimate of drug-likeness (QED) is 0.628. The molecule has 1 heterocycles. The molecule has 0 fully saturated rings. The molecule has 0 bridgehead atoms. The number of anilines is 2. The highest BCUT2D eigenvalue weighted by molar-refractivity contribution is 6.10. The van der Waals surface area contributed by atoms with Gasteiger partial charge in [-0.1, -0.05) is 0 Å². The number of benzene rings is 1. The molecular formula is C16H13N7O2. The van der Waals surface area contributed by atoms with Gasteiger partial charge in [0.1, 0.15) is 23.6 Å². The topological polar surface area (TPSA) is 136 Å². The van der Waals surface area contributed by atoms with E-state index in [0.717, 1.165) is 0 Å². The van der Waals surface area contributed by atoms with Crippen molar-refractivity contribution >= 4 is 23.0 Å². The molecule has 0 aliphatic carbocycles. The lowest BCUT2D eigenvalue weighted by molar-refractivity contribution is 0.102. The number of nitriles is 2. The van der Waals surface area contributed by atoms with Crippen molar-refractivity contribution < 1.29 is 9.53 Å². The van der Waals surface area contributed by atoms with Crippen molar-refractivity contribution in [3.63, 3.8) is 0 Å². The lowest BCUT2D eigenvalue weighted by Crippen LogP contribution is -2.14. The van der Waals surface area contributed by atoms with E-state index in [1.54, 1.807) is 37.3 Å². The van der Waals surface area contributed by atoms with Crippen molar-refractivity contribution in [2.24, 2.45) is 5.10 Å². The molecule has 1 amide bonds. The van der Waals surface area contributed by atoms with Crippen molar-refractivity contribution in [2.75, 3.05) is 17.9 Å². The monoisotopic (exact) mass is 335 g/mol. The third-order valence-electron chi connectivity index (χ3n) is 2.97. The highest BCUT2D eigenvalue weighted by Crippen LogP contribution is 2.28. The van der Waals surface area contributed by atoms with Gasteiger partial charge in [0, 0.05) is 18.0 Å². The molecule has 2 N–H and O–H groups in total. The maximum atomic E-state index is 12.1. The van der Waals surface area contributed by atoms with Gasteiger partial charge in [-0.25, -0.2) is 4.98 Å². The highest BCUT2D eigenvalue weighted by Gasteiger charge is 2.10. The number of hydrazone groups is 1. The van der Waals surface area contributed by atoms with Crippen LogP contribution in [0.15, 0.2) is 35.7 Å². The van der Waals surface area contributed by atoms with E-state index in [2.05, 4.69) is 25.8 Å². The number of methoxy groups -OCH3 is 1. The average Bonchev–Trinajstić information content (AvgIpc) is 2.63. The largest absolute Gasteiger partial charge is 0.494 e. The summed E-state index contributed by atoms with van der Waals surface area (Å²) >= 11 is 0. The second kappa shape index (κ2) is 8.04. The predicted molar refractivity (Wildman–Crippen MR) is 90.0 cm³/mol. The van der Waals surface area contributed by atoms with Crippen LogP contribution in [0.4, 0.5) is 11.4 Å². The Balaban J connectivity index is 2.17.